The van der Waals surface area contributed by atoms with Gasteiger partial charge in [-0.3, -0.25) is 29.4 Å². The number of imide groups is 2. The number of amides is 4. The summed E-state index contributed by atoms with van der Waals surface area (Å²) in [7, 11) is 0. The molecular formula is C13H10N2NaO5. The van der Waals surface area contributed by atoms with E-state index >= 15 is 0 Å². The maximum atomic E-state index is 12.2. The summed E-state index contributed by atoms with van der Waals surface area (Å²) < 4.78 is 0. The van der Waals surface area contributed by atoms with Crippen LogP contribution in [0.3, 0.4) is 0 Å². The second kappa shape index (κ2) is 5.59. The average Bonchev–Trinajstić information content (AvgIpc) is 2.64. The van der Waals surface area contributed by atoms with E-state index in [1.54, 1.807) is 0 Å². The minimum absolute atomic E-state index is 0. The van der Waals surface area contributed by atoms with Crippen molar-refractivity contribution in [2.24, 2.45) is 0 Å². The molecular weight excluding hydrogens is 287 g/mol. The SMILES string of the molecule is O=C1CCC(N2C(=O)c3cccc(O)c3C2=O)C(=O)N1.[Na]. The minimum Gasteiger partial charge on any atom is -0.507 e. The fourth-order valence-electron chi connectivity index (χ4n) is 2.50. The molecule has 21 heavy (non-hydrogen) atoms. The van der Waals surface area contributed by atoms with Crippen LogP contribution in [0.4, 0.5) is 0 Å². The molecule has 3 rings (SSSR count). The van der Waals surface area contributed by atoms with Gasteiger partial charge in [-0.1, -0.05) is 6.07 Å². The monoisotopic (exact) mass is 297 g/mol. The first-order valence-corrected chi connectivity index (χ1v) is 6.04. The summed E-state index contributed by atoms with van der Waals surface area (Å²) in [5.41, 5.74) is -0.0260. The number of fused-ring (bicyclic) bond motifs is 1. The molecule has 0 bridgehead atoms. The molecule has 2 aliphatic rings. The first kappa shape index (κ1) is 15.7. The Bertz CT molecular complexity index is 673. The summed E-state index contributed by atoms with van der Waals surface area (Å²) >= 11 is 0. The molecule has 4 amide bonds. The van der Waals surface area contributed by atoms with Gasteiger partial charge in [-0.05, 0) is 18.6 Å². The molecule has 1 radical (unpaired) electrons. The number of carbonyl (C=O) groups excluding carboxylic acids is 4. The van der Waals surface area contributed by atoms with Gasteiger partial charge in [0.05, 0.1) is 11.1 Å². The fourth-order valence-corrected chi connectivity index (χ4v) is 2.50. The Morgan fingerprint density at radius 2 is 1.86 bits per heavy atom. The van der Waals surface area contributed by atoms with E-state index in [1.807, 2.05) is 0 Å². The van der Waals surface area contributed by atoms with Gasteiger partial charge in [0.15, 0.2) is 0 Å². The number of hydrogen-bond donors (Lipinski definition) is 2. The molecule has 0 aliphatic carbocycles. The first-order chi connectivity index (χ1) is 9.50. The van der Waals surface area contributed by atoms with E-state index in [2.05, 4.69) is 5.32 Å². The molecule has 103 valence electrons. The third kappa shape index (κ3) is 2.37. The predicted molar refractivity (Wildman–Crippen MR) is 70.5 cm³/mol. The molecule has 2 aliphatic heterocycles. The van der Waals surface area contributed by atoms with E-state index < -0.39 is 29.7 Å². The Hall–Kier alpha value is -1.70. The molecule has 1 fully saturated rings. The largest absolute Gasteiger partial charge is 0.507 e. The van der Waals surface area contributed by atoms with E-state index in [9.17, 15) is 24.3 Å². The molecule has 1 atom stereocenters. The van der Waals surface area contributed by atoms with Gasteiger partial charge in [-0.2, -0.15) is 0 Å². The maximum Gasteiger partial charge on any atom is 0.266 e. The first-order valence-electron chi connectivity index (χ1n) is 6.04. The Balaban J connectivity index is 0.00000161. The second-order valence-electron chi connectivity index (χ2n) is 4.65. The fraction of sp³-hybridized carbons (Fsp3) is 0.231. The summed E-state index contributed by atoms with van der Waals surface area (Å²) in [5.74, 6) is -2.73. The van der Waals surface area contributed by atoms with Crippen molar-refractivity contribution in [3.8, 4) is 5.75 Å². The van der Waals surface area contributed by atoms with Crippen LogP contribution in [0.1, 0.15) is 33.6 Å². The van der Waals surface area contributed by atoms with Crippen LogP contribution in [0.25, 0.3) is 0 Å². The Morgan fingerprint density at radius 1 is 1.14 bits per heavy atom. The zero-order valence-corrected chi connectivity index (χ0v) is 13.3. The van der Waals surface area contributed by atoms with Crippen molar-refractivity contribution in [2.45, 2.75) is 18.9 Å². The van der Waals surface area contributed by atoms with Crippen molar-refractivity contribution < 1.29 is 24.3 Å². The molecule has 7 nitrogen and oxygen atoms in total. The molecule has 0 saturated carbocycles. The summed E-state index contributed by atoms with van der Waals surface area (Å²) in [4.78, 5) is 48.1. The number of nitrogens with one attached hydrogen (secondary N) is 1. The average molecular weight is 297 g/mol. The normalized spacial score (nSPS) is 21.0. The van der Waals surface area contributed by atoms with E-state index in [-0.39, 0.29) is 59.3 Å². The molecule has 0 aromatic heterocycles. The zero-order chi connectivity index (χ0) is 14.4. The quantitative estimate of drug-likeness (QED) is 0.533. The van der Waals surface area contributed by atoms with Crippen molar-refractivity contribution in [3.63, 3.8) is 0 Å². The van der Waals surface area contributed by atoms with E-state index in [0.717, 1.165) is 4.90 Å². The Labute approximate surface area is 141 Å². The number of carbonyl (C=O) groups is 4. The van der Waals surface area contributed by atoms with Gasteiger partial charge in [-0.15, -0.1) is 0 Å². The van der Waals surface area contributed by atoms with Gasteiger partial charge in [-0.25, -0.2) is 0 Å². The molecule has 1 unspecified atom stereocenters. The number of nitrogens with zero attached hydrogens (tertiary/aromatic N) is 1. The van der Waals surface area contributed by atoms with E-state index in [0.29, 0.717) is 0 Å². The van der Waals surface area contributed by atoms with Crippen molar-refractivity contribution in [2.75, 3.05) is 0 Å². The smallest absolute Gasteiger partial charge is 0.266 e. The number of piperidine rings is 1. The molecule has 8 heteroatoms. The van der Waals surface area contributed by atoms with Gasteiger partial charge < -0.3 is 5.11 Å². The Kier molecular flexibility index (Phi) is 4.18. The third-order valence-corrected chi connectivity index (χ3v) is 3.45. The van der Waals surface area contributed by atoms with Gasteiger partial charge >= 0.3 is 0 Å². The van der Waals surface area contributed by atoms with Crippen LogP contribution in [0.15, 0.2) is 18.2 Å². The van der Waals surface area contributed by atoms with Crippen molar-refractivity contribution in [1.29, 1.82) is 0 Å². The van der Waals surface area contributed by atoms with Crippen LogP contribution in [0.5, 0.6) is 5.75 Å². The second-order valence-corrected chi connectivity index (χ2v) is 4.65. The Morgan fingerprint density at radius 3 is 2.48 bits per heavy atom. The van der Waals surface area contributed by atoms with Crippen molar-refractivity contribution in [3.05, 3.63) is 29.3 Å². The maximum absolute atomic E-state index is 12.2. The third-order valence-electron chi connectivity index (χ3n) is 3.45. The van der Waals surface area contributed by atoms with Crippen LogP contribution in [-0.2, 0) is 9.59 Å². The van der Waals surface area contributed by atoms with E-state index in [4.69, 9.17) is 0 Å². The standard InChI is InChI=1S/C13H10N2O5.Na/c16-8-3-1-2-6-10(8)13(20)15(12(6)19)7-4-5-9(17)14-11(7)18;/h1-3,7,16H,4-5H2,(H,14,17,18);. The summed E-state index contributed by atoms with van der Waals surface area (Å²) in [6.45, 7) is 0. The topological polar surface area (TPSA) is 104 Å². The van der Waals surface area contributed by atoms with Gasteiger partial charge in [0.1, 0.15) is 11.8 Å². The zero-order valence-electron chi connectivity index (χ0n) is 11.3. The summed E-state index contributed by atoms with van der Waals surface area (Å²) in [5, 5.41) is 11.8. The van der Waals surface area contributed by atoms with E-state index in [1.165, 1.54) is 18.2 Å². The van der Waals surface area contributed by atoms with Gasteiger partial charge in [0, 0.05) is 36.0 Å². The number of phenols is 1. The predicted octanol–water partition coefficient (Wildman–Crippen LogP) is -0.587. The van der Waals surface area contributed by atoms with Crippen molar-refractivity contribution >= 4 is 53.2 Å². The number of hydrogen-bond acceptors (Lipinski definition) is 5. The summed E-state index contributed by atoms with van der Waals surface area (Å²) in [6.07, 6.45) is 0.159. The molecule has 1 saturated heterocycles. The molecule has 0 spiro atoms. The molecule has 2 N–H and O–H groups in total. The van der Waals surface area contributed by atoms with Crippen molar-refractivity contribution in [1.82, 2.24) is 10.2 Å². The van der Waals surface area contributed by atoms with Gasteiger partial charge in [0.2, 0.25) is 11.8 Å². The summed E-state index contributed by atoms with van der Waals surface area (Å²) in [6, 6.07) is 3.16. The molecule has 1 aromatic rings. The van der Waals surface area contributed by atoms with Crippen LogP contribution in [0, 0.1) is 0 Å². The van der Waals surface area contributed by atoms with Crippen LogP contribution < -0.4 is 5.32 Å². The number of aromatic hydroxyl groups is 1. The van der Waals surface area contributed by atoms with Crippen LogP contribution in [-0.4, -0.2) is 69.2 Å². The number of phenolic OH excluding ortho intramolecular Hbond substituents is 1. The van der Waals surface area contributed by atoms with Gasteiger partial charge in [0.25, 0.3) is 11.8 Å². The number of benzene rings is 1. The minimum atomic E-state index is -1.01. The molecule has 2 heterocycles. The molecule has 1 aromatic carbocycles. The van der Waals surface area contributed by atoms with Crippen LogP contribution in [0.2, 0.25) is 0 Å². The number of rotatable bonds is 1. The van der Waals surface area contributed by atoms with Crippen LogP contribution >= 0.6 is 0 Å².